The van der Waals surface area contributed by atoms with Gasteiger partial charge in [0.2, 0.25) is 0 Å². The molecule has 0 radical (unpaired) electrons. The molecule has 0 aliphatic heterocycles. The first-order valence-corrected chi connectivity index (χ1v) is 8.04. The number of nitrogens with zero attached hydrogens (tertiary/aromatic N) is 1. The Balaban J connectivity index is 0.00000139. The molecule has 0 spiro atoms. The van der Waals surface area contributed by atoms with Gasteiger partial charge in [-0.1, -0.05) is 56.3 Å². The molecule has 0 aliphatic rings. The highest BCUT2D eigenvalue weighted by molar-refractivity contribution is 5.70. The summed E-state index contributed by atoms with van der Waals surface area (Å²) in [7, 11) is 0. The van der Waals surface area contributed by atoms with Crippen molar-refractivity contribution in [2.24, 2.45) is 5.92 Å². The fourth-order valence-electron chi connectivity index (χ4n) is 2.10. The molecule has 1 N–H and O–H groups in total. The Morgan fingerprint density at radius 2 is 1.71 bits per heavy atom. The fourth-order valence-corrected chi connectivity index (χ4v) is 2.10. The van der Waals surface area contributed by atoms with Crippen LogP contribution in [0.3, 0.4) is 0 Å². The molecule has 2 rings (SSSR count). The predicted octanol–water partition coefficient (Wildman–Crippen LogP) is 4.45. The molecule has 1 atom stereocenters. The van der Waals surface area contributed by atoms with Gasteiger partial charge in [0.15, 0.2) is 0 Å². The van der Waals surface area contributed by atoms with Crippen molar-refractivity contribution in [3.05, 3.63) is 65.7 Å². The number of carbonyl (C=O) groups is 1. The van der Waals surface area contributed by atoms with E-state index in [1.165, 1.54) is 0 Å². The molecule has 2 aromatic rings. The summed E-state index contributed by atoms with van der Waals surface area (Å²) < 4.78 is 5.68. The number of hydrogen-bond acceptors (Lipinski definition) is 3. The third-order valence-electron chi connectivity index (χ3n) is 3.34. The van der Waals surface area contributed by atoms with Gasteiger partial charge in [0.05, 0.1) is 12.0 Å². The molecule has 24 heavy (non-hydrogen) atoms. The third-order valence-corrected chi connectivity index (χ3v) is 3.34. The molecule has 0 aliphatic carbocycles. The molecule has 4 nitrogen and oxygen atoms in total. The lowest BCUT2D eigenvalue weighted by Gasteiger charge is -2.10. The van der Waals surface area contributed by atoms with E-state index in [1.807, 2.05) is 74.5 Å². The number of benzene rings is 2. The summed E-state index contributed by atoms with van der Waals surface area (Å²) in [5, 5.41) is 17.7. The Morgan fingerprint density at radius 1 is 1.08 bits per heavy atom. The third kappa shape index (κ3) is 6.53. The van der Waals surface area contributed by atoms with Crippen molar-refractivity contribution >= 4 is 5.97 Å². The van der Waals surface area contributed by atoms with Crippen molar-refractivity contribution in [2.75, 3.05) is 0 Å². The average Bonchev–Trinajstić information content (AvgIpc) is 2.63. The van der Waals surface area contributed by atoms with Crippen LogP contribution >= 0.6 is 0 Å². The quantitative estimate of drug-likeness (QED) is 0.816. The highest BCUT2D eigenvalue weighted by Crippen LogP contribution is 2.18. The van der Waals surface area contributed by atoms with Crippen LogP contribution in [-0.4, -0.2) is 11.1 Å². The first-order chi connectivity index (χ1) is 11.7. The number of carboxylic acid groups (broad SMARTS) is 1. The van der Waals surface area contributed by atoms with Crippen LogP contribution in [0.15, 0.2) is 54.6 Å². The SMILES string of the molecule is CC.N#CC[C@H](Cc1ccc(OCc2ccccc2)cc1)C(=O)O. The summed E-state index contributed by atoms with van der Waals surface area (Å²) in [5.74, 6) is -0.869. The summed E-state index contributed by atoms with van der Waals surface area (Å²) in [6.07, 6.45) is 0.365. The second kappa shape index (κ2) is 10.8. The number of aliphatic carboxylic acids is 1. The van der Waals surface area contributed by atoms with Gasteiger partial charge >= 0.3 is 5.97 Å². The van der Waals surface area contributed by atoms with Crippen molar-refractivity contribution in [1.82, 2.24) is 0 Å². The molecule has 0 saturated heterocycles. The minimum atomic E-state index is -0.939. The van der Waals surface area contributed by atoms with Crippen molar-refractivity contribution in [1.29, 1.82) is 5.26 Å². The van der Waals surface area contributed by atoms with Gasteiger partial charge in [0.25, 0.3) is 0 Å². The van der Waals surface area contributed by atoms with E-state index in [2.05, 4.69) is 0 Å². The first-order valence-electron chi connectivity index (χ1n) is 8.04. The molecule has 0 bridgehead atoms. The molecule has 0 fully saturated rings. The highest BCUT2D eigenvalue weighted by Gasteiger charge is 2.17. The Hall–Kier alpha value is -2.80. The van der Waals surface area contributed by atoms with E-state index in [4.69, 9.17) is 15.1 Å². The minimum absolute atomic E-state index is 0.0155. The molecule has 0 aromatic heterocycles. The maximum absolute atomic E-state index is 11.0. The van der Waals surface area contributed by atoms with Crippen LogP contribution in [0.5, 0.6) is 5.75 Å². The second-order valence-electron chi connectivity index (χ2n) is 5.02. The lowest BCUT2D eigenvalue weighted by atomic mass is 9.97. The van der Waals surface area contributed by atoms with Gasteiger partial charge in [-0.3, -0.25) is 4.79 Å². The lowest BCUT2D eigenvalue weighted by molar-refractivity contribution is -0.141. The van der Waals surface area contributed by atoms with Gasteiger partial charge < -0.3 is 9.84 Å². The van der Waals surface area contributed by atoms with Crippen LogP contribution in [0.25, 0.3) is 0 Å². The summed E-state index contributed by atoms with van der Waals surface area (Å²) in [5.41, 5.74) is 1.97. The van der Waals surface area contributed by atoms with Crippen LogP contribution in [0.2, 0.25) is 0 Å². The highest BCUT2D eigenvalue weighted by atomic mass is 16.5. The lowest BCUT2D eigenvalue weighted by Crippen LogP contribution is -2.15. The fraction of sp³-hybridized carbons (Fsp3) is 0.300. The van der Waals surface area contributed by atoms with Gasteiger partial charge in [-0.25, -0.2) is 0 Å². The van der Waals surface area contributed by atoms with E-state index >= 15 is 0 Å². The van der Waals surface area contributed by atoms with Crippen molar-refractivity contribution in [3.8, 4) is 11.8 Å². The molecule has 0 unspecified atom stereocenters. The van der Waals surface area contributed by atoms with Crippen LogP contribution in [-0.2, 0) is 17.8 Å². The first kappa shape index (κ1) is 19.2. The van der Waals surface area contributed by atoms with Crippen LogP contribution in [0.4, 0.5) is 0 Å². The number of carboxylic acids is 1. The zero-order valence-electron chi connectivity index (χ0n) is 14.1. The minimum Gasteiger partial charge on any atom is -0.489 e. The zero-order chi connectivity index (χ0) is 17.8. The second-order valence-corrected chi connectivity index (χ2v) is 5.02. The van der Waals surface area contributed by atoms with E-state index in [9.17, 15) is 4.79 Å². The van der Waals surface area contributed by atoms with Crippen molar-refractivity contribution < 1.29 is 14.6 Å². The van der Waals surface area contributed by atoms with E-state index < -0.39 is 11.9 Å². The molecule has 126 valence electrons. The maximum atomic E-state index is 11.0. The number of rotatable bonds is 7. The van der Waals surface area contributed by atoms with Gasteiger partial charge in [0, 0.05) is 6.42 Å². The molecule has 0 saturated carbocycles. The van der Waals surface area contributed by atoms with Crippen LogP contribution < -0.4 is 4.74 Å². The largest absolute Gasteiger partial charge is 0.489 e. The Kier molecular flexibility index (Phi) is 8.70. The van der Waals surface area contributed by atoms with Gasteiger partial charge in [-0.2, -0.15) is 5.26 Å². The van der Waals surface area contributed by atoms with E-state index in [1.54, 1.807) is 0 Å². The monoisotopic (exact) mass is 325 g/mol. The van der Waals surface area contributed by atoms with Gasteiger partial charge in [-0.15, -0.1) is 0 Å². The zero-order valence-corrected chi connectivity index (χ0v) is 14.1. The summed E-state index contributed by atoms with van der Waals surface area (Å²) in [4.78, 5) is 11.0. The Morgan fingerprint density at radius 3 is 2.25 bits per heavy atom. The number of nitriles is 1. The molecule has 2 aromatic carbocycles. The topological polar surface area (TPSA) is 70.3 Å². The average molecular weight is 325 g/mol. The molecule has 0 amide bonds. The molecular formula is C20H23NO3. The van der Waals surface area contributed by atoms with Gasteiger partial charge in [-0.05, 0) is 29.7 Å². The van der Waals surface area contributed by atoms with Crippen LogP contribution in [0, 0.1) is 17.2 Å². The van der Waals surface area contributed by atoms with Crippen molar-refractivity contribution in [2.45, 2.75) is 33.3 Å². The van der Waals surface area contributed by atoms with Gasteiger partial charge in [0.1, 0.15) is 12.4 Å². The number of ether oxygens (including phenoxy) is 1. The van der Waals surface area contributed by atoms with E-state index in [0.29, 0.717) is 13.0 Å². The summed E-state index contributed by atoms with van der Waals surface area (Å²) in [6, 6.07) is 19.1. The molecule has 0 heterocycles. The normalized spacial score (nSPS) is 10.7. The number of hydrogen-bond donors (Lipinski definition) is 1. The molecular weight excluding hydrogens is 302 g/mol. The Bertz CT molecular complexity index is 645. The molecule has 4 heteroatoms. The maximum Gasteiger partial charge on any atom is 0.307 e. The standard InChI is InChI=1S/C18H17NO3.C2H6/c19-11-10-16(18(20)21)12-14-6-8-17(9-7-14)22-13-15-4-2-1-3-5-15;1-2/h1-9,16H,10,12-13H2,(H,20,21);1-2H3/t16-;/m1./s1. The van der Waals surface area contributed by atoms with E-state index in [-0.39, 0.29) is 6.42 Å². The van der Waals surface area contributed by atoms with Crippen LogP contribution in [0.1, 0.15) is 31.4 Å². The Labute approximate surface area is 143 Å². The summed E-state index contributed by atoms with van der Waals surface area (Å²) >= 11 is 0. The van der Waals surface area contributed by atoms with Crippen molar-refractivity contribution in [3.63, 3.8) is 0 Å². The predicted molar refractivity (Wildman–Crippen MR) is 93.6 cm³/mol. The van der Waals surface area contributed by atoms with E-state index in [0.717, 1.165) is 16.9 Å². The smallest absolute Gasteiger partial charge is 0.307 e. The summed E-state index contributed by atoms with van der Waals surface area (Å²) in [6.45, 7) is 4.49.